The van der Waals surface area contributed by atoms with Gasteiger partial charge in [-0.1, -0.05) is 0 Å². The van der Waals surface area contributed by atoms with Gasteiger partial charge in [0, 0.05) is 32.1 Å². The molecular weight excluding hydrogens is 334 g/mol. The standard InChI is InChI=1S/C19H27N3O4/c1-21-12-16(17(23)20-11-15-3-2-10-25-15)26-19(13-21)6-8-22(9-7-19)18(24)14-4-5-14/h2-3,10,14,16H,4-9,11-13H2,1H3,(H,20,23). The van der Waals surface area contributed by atoms with Gasteiger partial charge in [0.2, 0.25) is 5.91 Å². The lowest BCUT2D eigenvalue weighted by atomic mass is 9.88. The predicted molar refractivity (Wildman–Crippen MR) is 94.2 cm³/mol. The molecule has 0 bridgehead atoms. The Morgan fingerprint density at radius 2 is 2.08 bits per heavy atom. The van der Waals surface area contributed by atoms with E-state index in [1.165, 1.54) is 0 Å². The van der Waals surface area contributed by atoms with Crippen LogP contribution in [0.2, 0.25) is 0 Å². The summed E-state index contributed by atoms with van der Waals surface area (Å²) >= 11 is 0. The van der Waals surface area contributed by atoms with E-state index >= 15 is 0 Å². The third-order valence-corrected chi connectivity index (χ3v) is 5.65. The number of likely N-dealkylation sites (N-methyl/N-ethyl adjacent to an activating group) is 1. The van der Waals surface area contributed by atoms with Crippen molar-refractivity contribution in [3.05, 3.63) is 24.2 Å². The van der Waals surface area contributed by atoms with Gasteiger partial charge in [-0.25, -0.2) is 0 Å². The normalized spacial score (nSPS) is 26.0. The number of morpholine rings is 1. The molecule has 3 fully saturated rings. The summed E-state index contributed by atoms with van der Waals surface area (Å²) in [6.45, 7) is 3.21. The average Bonchev–Trinajstić information content (AvgIpc) is 3.35. The zero-order chi connectivity index (χ0) is 18.1. The molecule has 1 saturated carbocycles. The van der Waals surface area contributed by atoms with Crippen LogP contribution in [-0.4, -0.2) is 66.5 Å². The van der Waals surface area contributed by atoms with Crippen LogP contribution in [0.3, 0.4) is 0 Å². The number of likely N-dealkylation sites (tertiary alicyclic amines) is 1. The van der Waals surface area contributed by atoms with Gasteiger partial charge in [0.05, 0.1) is 18.4 Å². The van der Waals surface area contributed by atoms with Crippen LogP contribution in [0.1, 0.15) is 31.4 Å². The number of ether oxygens (including phenoxy) is 1. The second-order valence-electron chi connectivity index (χ2n) is 7.88. The molecule has 1 aliphatic carbocycles. The van der Waals surface area contributed by atoms with Gasteiger partial charge in [-0.2, -0.15) is 0 Å². The first-order valence-electron chi connectivity index (χ1n) is 9.50. The number of hydrogen-bond acceptors (Lipinski definition) is 5. The van der Waals surface area contributed by atoms with Crippen molar-refractivity contribution in [2.75, 3.05) is 33.2 Å². The molecule has 2 amide bonds. The van der Waals surface area contributed by atoms with Crippen LogP contribution >= 0.6 is 0 Å². The fourth-order valence-electron chi connectivity index (χ4n) is 4.05. The van der Waals surface area contributed by atoms with E-state index in [-0.39, 0.29) is 17.4 Å². The zero-order valence-electron chi connectivity index (χ0n) is 15.3. The maximum atomic E-state index is 12.6. The molecule has 4 rings (SSSR count). The fourth-order valence-corrected chi connectivity index (χ4v) is 4.05. The summed E-state index contributed by atoms with van der Waals surface area (Å²) in [5.74, 6) is 1.18. The van der Waals surface area contributed by atoms with Gasteiger partial charge < -0.3 is 24.3 Å². The topological polar surface area (TPSA) is 75.0 Å². The van der Waals surface area contributed by atoms with Crippen LogP contribution in [0.4, 0.5) is 0 Å². The van der Waals surface area contributed by atoms with E-state index < -0.39 is 6.10 Å². The Kier molecular flexibility index (Phi) is 4.75. The molecule has 142 valence electrons. The van der Waals surface area contributed by atoms with Gasteiger partial charge in [0.25, 0.3) is 5.91 Å². The highest BCUT2D eigenvalue weighted by molar-refractivity contribution is 5.81. The molecule has 2 saturated heterocycles. The number of amides is 2. The van der Waals surface area contributed by atoms with Crippen molar-refractivity contribution < 1.29 is 18.7 Å². The van der Waals surface area contributed by atoms with Crippen molar-refractivity contribution in [1.82, 2.24) is 15.1 Å². The molecule has 26 heavy (non-hydrogen) atoms. The third-order valence-electron chi connectivity index (χ3n) is 5.65. The Morgan fingerprint density at radius 3 is 2.73 bits per heavy atom. The summed E-state index contributed by atoms with van der Waals surface area (Å²) < 4.78 is 11.6. The lowest BCUT2D eigenvalue weighted by Gasteiger charge is -2.48. The van der Waals surface area contributed by atoms with Gasteiger partial charge in [0.1, 0.15) is 11.9 Å². The van der Waals surface area contributed by atoms with Gasteiger partial charge in [-0.15, -0.1) is 0 Å². The van der Waals surface area contributed by atoms with Gasteiger partial charge in [-0.3, -0.25) is 9.59 Å². The van der Waals surface area contributed by atoms with Crippen molar-refractivity contribution in [3.8, 4) is 0 Å². The summed E-state index contributed by atoms with van der Waals surface area (Å²) in [7, 11) is 2.03. The molecule has 1 aromatic rings. The summed E-state index contributed by atoms with van der Waals surface area (Å²) in [6, 6.07) is 3.64. The maximum Gasteiger partial charge on any atom is 0.250 e. The summed E-state index contributed by atoms with van der Waals surface area (Å²) in [4.78, 5) is 29.0. The number of piperidine rings is 1. The van der Waals surface area contributed by atoms with Crippen molar-refractivity contribution in [3.63, 3.8) is 0 Å². The van der Waals surface area contributed by atoms with Crippen molar-refractivity contribution in [2.24, 2.45) is 5.92 Å². The van der Waals surface area contributed by atoms with E-state index in [9.17, 15) is 9.59 Å². The lowest BCUT2D eigenvalue weighted by molar-refractivity contribution is -0.183. The average molecular weight is 361 g/mol. The van der Waals surface area contributed by atoms with Crippen molar-refractivity contribution in [1.29, 1.82) is 0 Å². The number of furan rings is 1. The van der Waals surface area contributed by atoms with Crippen LogP contribution in [-0.2, 0) is 20.9 Å². The summed E-state index contributed by atoms with van der Waals surface area (Å²) in [6.07, 6.45) is 4.76. The van der Waals surface area contributed by atoms with Crippen molar-refractivity contribution >= 4 is 11.8 Å². The van der Waals surface area contributed by atoms with E-state index in [2.05, 4.69) is 10.2 Å². The largest absolute Gasteiger partial charge is 0.467 e. The summed E-state index contributed by atoms with van der Waals surface area (Å²) in [5, 5.41) is 2.90. The molecule has 2 aliphatic heterocycles. The molecule has 0 aromatic carbocycles. The maximum absolute atomic E-state index is 12.6. The molecule has 1 N–H and O–H groups in total. The van der Waals surface area contributed by atoms with Crippen LogP contribution in [0.5, 0.6) is 0 Å². The van der Waals surface area contributed by atoms with E-state index in [0.717, 1.165) is 51.1 Å². The molecule has 1 unspecified atom stereocenters. The first kappa shape index (κ1) is 17.5. The first-order valence-corrected chi connectivity index (χ1v) is 9.50. The van der Waals surface area contributed by atoms with Crippen LogP contribution in [0.25, 0.3) is 0 Å². The molecule has 1 aromatic heterocycles. The number of carbonyl (C=O) groups is 2. The highest BCUT2D eigenvalue weighted by Gasteiger charge is 2.45. The number of carbonyl (C=O) groups excluding carboxylic acids is 2. The van der Waals surface area contributed by atoms with Crippen molar-refractivity contribution in [2.45, 2.75) is 43.9 Å². The number of nitrogens with zero attached hydrogens (tertiary/aromatic N) is 2. The van der Waals surface area contributed by atoms with E-state index in [1.807, 2.05) is 18.0 Å². The van der Waals surface area contributed by atoms with Crippen LogP contribution < -0.4 is 5.32 Å². The Hall–Kier alpha value is -1.86. The quantitative estimate of drug-likeness (QED) is 0.866. The molecular formula is C19H27N3O4. The summed E-state index contributed by atoms with van der Waals surface area (Å²) in [5.41, 5.74) is -0.333. The van der Waals surface area contributed by atoms with E-state index in [0.29, 0.717) is 19.0 Å². The third kappa shape index (κ3) is 3.78. The number of rotatable bonds is 4. The van der Waals surface area contributed by atoms with E-state index in [1.54, 1.807) is 12.3 Å². The molecule has 7 heteroatoms. The minimum absolute atomic E-state index is 0.108. The highest BCUT2D eigenvalue weighted by atomic mass is 16.5. The Morgan fingerprint density at radius 1 is 1.31 bits per heavy atom. The monoisotopic (exact) mass is 361 g/mol. The van der Waals surface area contributed by atoms with E-state index in [4.69, 9.17) is 9.15 Å². The van der Waals surface area contributed by atoms with Crippen LogP contribution in [0, 0.1) is 5.92 Å². The fraction of sp³-hybridized carbons (Fsp3) is 0.684. The van der Waals surface area contributed by atoms with Crippen LogP contribution in [0.15, 0.2) is 22.8 Å². The molecule has 1 spiro atoms. The lowest BCUT2D eigenvalue weighted by Crippen LogP contribution is -2.61. The zero-order valence-corrected chi connectivity index (χ0v) is 15.3. The Balaban J connectivity index is 1.34. The number of hydrogen-bond donors (Lipinski definition) is 1. The molecule has 3 heterocycles. The first-order chi connectivity index (χ1) is 12.5. The molecule has 1 atom stereocenters. The minimum atomic E-state index is -0.491. The van der Waals surface area contributed by atoms with Gasteiger partial charge in [0.15, 0.2) is 0 Å². The number of nitrogens with one attached hydrogen (secondary N) is 1. The molecule has 7 nitrogen and oxygen atoms in total. The Bertz CT molecular complexity index is 648. The molecule has 0 radical (unpaired) electrons. The Labute approximate surface area is 153 Å². The smallest absolute Gasteiger partial charge is 0.250 e. The SMILES string of the molecule is CN1CC(C(=O)NCc2ccco2)OC2(CCN(C(=O)C3CC3)CC2)C1. The van der Waals surface area contributed by atoms with Gasteiger partial charge in [-0.05, 0) is 44.9 Å². The van der Waals surface area contributed by atoms with Gasteiger partial charge >= 0.3 is 0 Å². The second kappa shape index (κ2) is 7.04. The molecule has 3 aliphatic rings. The predicted octanol–water partition coefficient (Wildman–Crippen LogP) is 0.998. The second-order valence-corrected chi connectivity index (χ2v) is 7.88. The highest BCUT2D eigenvalue weighted by Crippen LogP contribution is 2.36. The minimum Gasteiger partial charge on any atom is -0.467 e.